The van der Waals surface area contributed by atoms with E-state index in [1.54, 1.807) is 30.3 Å². The summed E-state index contributed by atoms with van der Waals surface area (Å²) in [6, 6.07) is 21.5. The highest BCUT2D eigenvalue weighted by atomic mass is 35.5. The molecule has 3 fully saturated rings. The third kappa shape index (κ3) is 4.83. The van der Waals surface area contributed by atoms with Crippen molar-refractivity contribution >= 4 is 69.3 Å². The first-order chi connectivity index (χ1) is 26.4. The van der Waals surface area contributed by atoms with Gasteiger partial charge in [0, 0.05) is 29.2 Å². The lowest BCUT2D eigenvalue weighted by atomic mass is 9.56. The number of para-hydroxylation sites is 2. The topological polar surface area (TPSA) is 139 Å². The molecule has 9 rings (SSSR count). The summed E-state index contributed by atoms with van der Waals surface area (Å²) in [4.78, 5) is 60.3. The van der Waals surface area contributed by atoms with Crippen LogP contribution in [0.2, 0.25) is 0 Å². The number of alkyl halides is 2. The highest BCUT2D eigenvalue weighted by Gasteiger charge is 2.77. The Morgan fingerprint density at radius 1 is 0.836 bits per heavy atom. The zero-order chi connectivity index (χ0) is 38.6. The second-order valence-corrected chi connectivity index (χ2v) is 15.3. The molecule has 1 aromatic heterocycles. The minimum absolute atomic E-state index is 0.0451. The maximum absolute atomic E-state index is 14.7. The lowest BCUT2D eigenvalue weighted by Crippen LogP contribution is -2.60. The molecule has 0 radical (unpaired) electrons. The van der Waals surface area contributed by atoms with E-state index in [0.29, 0.717) is 33.8 Å². The number of hydrogen-bond donors (Lipinski definition) is 1. The number of rotatable bonds is 6. The number of imide groups is 2. The fraction of sp³-hybridized carbons (Fsp3) is 0.244. The molecule has 4 aliphatic rings. The van der Waals surface area contributed by atoms with Crippen LogP contribution in [-0.2, 0) is 19.2 Å². The minimum Gasteiger partial charge on any atom is -0.508 e. The van der Waals surface area contributed by atoms with E-state index < -0.39 is 62.9 Å². The molecule has 2 aliphatic heterocycles. The van der Waals surface area contributed by atoms with Crippen LogP contribution in [0.1, 0.15) is 24.3 Å². The quantitative estimate of drug-likeness (QED) is 0.108. The lowest BCUT2D eigenvalue weighted by molar-refractivity contribution is -0.125. The van der Waals surface area contributed by atoms with Gasteiger partial charge in [-0.2, -0.15) is 0 Å². The number of oxazole rings is 1. The van der Waals surface area contributed by atoms with Crippen LogP contribution < -0.4 is 19.3 Å². The average Bonchev–Trinajstić information content (AvgIpc) is 3.78. The van der Waals surface area contributed by atoms with Gasteiger partial charge in [0.2, 0.25) is 17.7 Å². The first kappa shape index (κ1) is 35.0. The van der Waals surface area contributed by atoms with Crippen molar-refractivity contribution in [2.24, 2.45) is 17.8 Å². The number of amides is 4. The molecule has 5 aromatic rings. The van der Waals surface area contributed by atoms with Gasteiger partial charge in [0.25, 0.3) is 11.8 Å². The first-order valence-corrected chi connectivity index (χ1v) is 18.2. The zero-order valence-electron chi connectivity index (χ0n) is 29.2. The summed E-state index contributed by atoms with van der Waals surface area (Å²) >= 11 is 15.0. The van der Waals surface area contributed by atoms with E-state index in [1.165, 1.54) is 38.5 Å². The molecule has 2 aliphatic carbocycles. The Kier molecular flexibility index (Phi) is 7.90. The van der Waals surface area contributed by atoms with Crippen molar-refractivity contribution in [3.8, 4) is 28.7 Å². The average molecular weight is 783 g/mol. The van der Waals surface area contributed by atoms with Gasteiger partial charge in [-0.15, -0.1) is 23.2 Å². The number of aromatic nitrogens is 1. The third-order valence-corrected chi connectivity index (χ3v) is 12.8. The Morgan fingerprint density at radius 2 is 1.47 bits per heavy atom. The number of allylic oxidation sites excluding steroid dienone is 2. The molecule has 1 N–H and O–H groups in total. The van der Waals surface area contributed by atoms with Gasteiger partial charge in [0.05, 0.1) is 37.4 Å². The predicted molar refractivity (Wildman–Crippen MR) is 200 cm³/mol. The zero-order valence-corrected chi connectivity index (χ0v) is 30.7. The van der Waals surface area contributed by atoms with Gasteiger partial charge in [0.1, 0.15) is 28.6 Å². The Hall–Kier alpha value is -5.72. The van der Waals surface area contributed by atoms with Crippen molar-refractivity contribution in [1.82, 2.24) is 4.98 Å². The fourth-order valence-electron chi connectivity index (χ4n) is 8.93. The SMILES string of the molecule is COc1cc(O)cc(OC)c1C1C2=CCC3C(=O)N(c4ccc(-c5nc6ccccc6o5)cc4)C(=O)C3C2CC2(Cl)C(=O)N(c3ccc(F)cc3)C(=O)C12Cl. The molecule has 2 saturated heterocycles. The second kappa shape index (κ2) is 12.4. The maximum atomic E-state index is 14.7. The van der Waals surface area contributed by atoms with Crippen LogP contribution in [0.25, 0.3) is 22.6 Å². The van der Waals surface area contributed by atoms with Crippen molar-refractivity contribution in [2.45, 2.75) is 28.5 Å². The van der Waals surface area contributed by atoms with E-state index in [0.717, 1.165) is 21.9 Å². The molecule has 4 amide bonds. The smallest absolute Gasteiger partial charge is 0.258 e. The van der Waals surface area contributed by atoms with Gasteiger partial charge >= 0.3 is 0 Å². The number of fused-ring (bicyclic) bond motifs is 5. The van der Waals surface area contributed by atoms with Crippen LogP contribution in [0, 0.1) is 23.6 Å². The molecule has 11 nitrogen and oxygen atoms in total. The first-order valence-electron chi connectivity index (χ1n) is 17.4. The monoisotopic (exact) mass is 781 g/mol. The predicted octanol–water partition coefficient (Wildman–Crippen LogP) is 7.12. The maximum Gasteiger partial charge on any atom is 0.258 e. The van der Waals surface area contributed by atoms with Gasteiger partial charge in [-0.1, -0.05) is 23.8 Å². The van der Waals surface area contributed by atoms with Crippen molar-refractivity contribution in [1.29, 1.82) is 0 Å². The van der Waals surface area contributed by atoms with E-state index >= 15 is 0 Å². The van der Waals surface area contributed by atoms with Crippen LogP contribution in [0.15, 0.2) is 101 Å². The molecule has 55 heavy (non-hydrogen) atoms. The molecule has 1 saturated carbocycles. The number of ether oxygens (including phenoxy) is 2. The van der Waals surface area contributed by atoms with Crippen LogP contribution >= 0.6 is 23.2 Å². The van der Waals surface area contributed by atoms with Crippen molar-refractivity contribution in [2.75, 3.05) is 24.0 Å². The number of methoxy groups -OCH3 is 2. The van der Waals surface area contributed by atoms with Gasteiger partial charge in [-0.3, -0.25) is 24.1 Å². The molecule has 4 aromatic carbocycles. The fourth-order valence-corrected chi connectivity index (χ4v) is 9.85. The summed E-state index contributed by atoms with van der Waals surface area (Å²) in [6.07, 6.45) is 1.62. The number of halogens is 3. The van der Waals surface area contributed by atoms with Crippen LogP contribution in [0.4, 0.5) is 15.8 Å². The second-order valence-electron chi connectivity index (χ2n) is 14.1. The standard InChI is InChI=1S/C41H30Cl2FN3O8/c1-53-30-17-24(48)18-31(54-2)33(30)34-25-15-16-26-32(27(25)19-40(42)38(51)47(39(52)41(34,40)43)23-13-9-21(44)10-14-23)37(50)46(36(26)49)22-11-7-20(8-12-22)35-45-28-5-3-4-6-29(28)55-35/h3-15,17-18,26-27,32,34,48H,16,19H2,1-2H3. The summed E-state index contributed by atoms with van der Waals surface area (Å²) in [6.45, 7) is 0. The molecular weight excluding hydrogens is 752 g/mol. The van der Waals surface area contributed by atoms with E-state index in [9.17, 15) is 28.7 Å². The number of nitrogens with zero attached hydrogens (tertiary/aromatic N) is 3. The summed E-state index contributed by atoms with van der Waals surface area (Å²) in [5, 5.41) is 10.6. The highest BCUT2D eigenvalue weighted by Crippen LogP contribution is 2.67. The van der Waals surface area contributed by atoms with Crippen molar-refractivity contribution in [3.05, 3.63) is 108 Å². The van der Waals surface area contributed by atoms with E-state index in [2.05, 4.69) is 4.98 Å². The third-order valence-electron chi connectivity index (χ3n) is 11.4. The summed E-state index contributed by atoms with van der Waals surface area (Å²) in [5.74, 6) is -6.84. The molecular formula is C41H30Cl2FN3O8. The molecule has 6 atom stereocenters. The van der Waals surface area contributed by atoms with Crippen molar-refractivity contribution < 1.29 is 42.6 Å². The Morgan fingerprint density at radius 3 is 2.13 bits per heavy atom. The number of phenolic OH excluding ortho intramolecular Hbond substituents is 1. The Labute approximate surface area is 322 Å². The summed E-state index contributed by atoms with van der Waals surface area (Å²) < 4.78 is 31.3. The highest BCUT2D eigenvalue weighted by molar-refractivity contribution is 6.58. The van der Waals surface area contributed by atoms with Gasteiger partial charge in [0.15, 0.2) is 15.3 Å². The van der Waals surface area contributed by atoms with Crippen LogP contribution in [0.3, 0.4) is 0 Å². The largest absolute Gasteiger partial charge is 0.508 e. The lowest BCUT2D eigenvalue weighted by Gasteiger charge is -2.51. The number of anilines is 2. The van der Waals surface area contributed by atoms with Gasteiger partial charge in [-0.25, -0.2) is 14.3 Å². The molecule has 0 bridgehead atoms. The molecule has 14 heteroatoms. The van der Waals surface area contributed by atoms with Gasteiger partial charge < -0.3 is 19.0 Å². The molecule has 6 unspecified atom stereocenters. The van der Waals surface area contributed by atoms with Gasteiger partial charge in [-0.05, 0) is 79.4 Å². The molecule has 278 valence electrons. The Balaban J connectivity index is 1.15. The normalized spacial score (nSPS) is 27.3. The number of carbonyl (C=O) groups excluding carboxylic acids is 4. The molecule has 3 heterocycles. The van der Waals surface area contributed by atoms with E-state index in [4.69, 9.17) is 37.1 Å². The number of phenols is 1. The molecule has 0 spiro atoms. The number of aromatic hydroxyl groups is 1. The minimum atomic E-state index is -2.24. The number of carbonyl (C=O) groups is 4. The van der Waals surface area contributed by atoms with Crippen molar-refractivity contribution in [3.63, 3.8) is 0 Å². The summed E-state index contributed by atoms with van der Waals surface area (Å²) in [5.41, 5.74) is 3.03. The van der Waals surface area contributed by atoms with E-state index in [-0.39, 0.29) is 41.3 Å². The van der Waals surface area contributed by atoms with E-state index in [1.807, 2.05) is 24.3 Å². The Bertz CT molecular complexity index is 2450. The van der Waals surface area contributed by atoms with Crippen LogP contribution in [0.5, 0.6) is 17.2 Å². The van der Waals surface area contributed by atoms with Crippen LogP contribution in [-0.4, -0.2) is 57.7 Å². The summed E-state index contributed by atoms with van der Waals surface area (Å²) in [7, 11) is 2.72. The number of benzene rings is 4. The number of hydrogen-bond acceptors (Lipinski definition) is 9.